The highest BCUT2D eigenvalue weighted by molar-refractivity contribution is 7.92. The van der Waals surface area contributed by atoms with Crippen LogP contribution in [0.25, 0.3) is 0 Å². The van der Waals surface area contributed by atoms with Crippen molar-refractivity contribution in [2.45, 2.75) is 53.9 Å². The summed E-state index contributed by atoms with van der Waals surface area (Å²) in [5, 5.41) is 0. The Bertz CT molecular complexity index is 1210. The lowest BCUT2D eigenvalue weighted by Crippen LogP contribution is -2.50. The molecular formula is C27H25F8NO2S. The summed E-state index contributed by atoms with van der Waals surface area (Å²) in [7, 11) is 0. The second kappa shape index (κ2) is 9.36. The number of fused-ring (bicyclic) bond motifs is 1. The lowest BCUT2D eigenvalue weighted by Gasteiger charge is -2.34. The molecule has 0 N–H and O–H groups in total. The number of amides is 1. The summed E-state index contributed by atoms with van der Waals surface area (Å²) in [6, 6.07) is 7.32. The van der Waals surface area contributed by atoms with Gasteiger partial charge in [0, 0.05) is 30.0 Å². The smallest absolute Gasteiger partial charge is 0.435 e. The van der Waals surface area contributed by atoms with Crippen LogP contribution in [0.4, 0.5) is 35.1 Å². The van der Waals surface area contributed by atoms with Crippen molar-refractivity contribution in [3.05, 3.63) is 65.5 Å². The number of hydrogen-bond donors (Lipinski definition) is 0. The van der Waals surface area contributed by atoms with Gasteiger partial charge in [0.2, 0.25) is 5.91 Å². The van der Waals surface area contributed by atoms with Crippen molar-refractivity contribution < 1.29 is 44.5 Å². The molecular weight excluding hydrogens is 554 g/mol. The molecule has 5 rings (SSSR count). The number of halogens is 8. The van der Waals surface area contributed by atoms with Crippen LogP contribution in [-0.4, -0.2) is 40.8 Å². The van der Waals surface area contributed by atoms with Gasteiger partial charge in [-0.05, 0) is 66.0 Å². The van der Waals surface area contributed by atoms with E-state index in [0.29, 0.717) is 29.9 Å². The van der Waals surface area contributed by atoms with Crippen LogP contribution in [0.3, 0.4) is 0 Å². The van der Waals surface area contributed by atoms with Crippen molar-refractivity contribution in [3.8, 4) is 0 Å². The molecule has 0 radical (unpaired) electrons. The van der Waals surface area contributed by atoms with E-state index in [1.807, 2.05) is 0 Å². The van der Waals surface area contributed by atoms with E-state index in [9.17, 15) is 44.5 Å². The molecule has 2 aromatic rings. The van der Waals surface area contributed by atoms with Crippen LogP contribution >= 0.6 is 0 Å². The first-order valence-corrected chi connectivity index (χ1v) is 13.6. The number of carbonyl (C=O) groups excluding carboxylic acids is 1. The zero-order valence-electron chi connectivity index (χ0n) is 20.7. The fraction of sp³-hybridized carbons (Fsp3) is 0.519. The maximum absolute atomic E-state index is 14.6. The topological polar surface area (TPSA) is 43.4 Å². The van der Waals surface area contributed by atoms with Gasteiger partial charge in [0.05, 0.1) is 6.54 Å². The fourth-order valence-electron chi connectivity index (χ4n) is 6.37. The van der Waals surface area contributed by atoms with Crippen LogP contribution in [0.5, 0.6) is 0 Å². The monoisotopic (exact) mass is 579 g/mol. The van der Waals surface area contributed by atoms with Crippen molar-refractivity contribution in [2.24, 2.45) is 23.7 Å². The number of rotatable bonds is 5. The minimum absolute atomic E-state index is 0.0946. The Balaban J connectivity index is 1.49. The summed E-state index contributed by atoms with van der Waals surface area (Å²) in [5.74, 6) is 0.656. The first-order chi connectivity index (χ1) is 18.1. The van der Waals surface area contributed by atoms with E-state index in [2.05, 4.69) is 6.92 Å². The summed E-state index contributed by atoms with van der Waals surface area (Å²) in [6.07, 6.45) is -10.9. The molecule has 3 fully saturated rings. The number of nitrogens with zero attached hydrogens (tertiary/aromatic N) is 1. The molecule has 0 bridgehead atoms. The zero-order valence-corrected chi connectivity index (χ0v) is 21.5. The number of carbonyl (C=O) groups is 1. The van der Waals surface area contributed by atoms with Gasteiger partial charge >= 0.3 is 18.0 Å². The third-order valence-electron chi connectivity index (χ3n) is 8.74. The zero-order chi connectivity index (χ0) is 28.5. The molecule has 0 spiro atoms. The van der Waals surface area contributed by atoms with E-state index >= 15 is 0 Å². The second-order valence-corrected chi connectivity index (χ2v) is 12.6. The van der Waals surface area contributed by atoms with Crippen LogP contribution < -0.4 is 0 Å². The Hall–Kier alpha value is -2.34. The maximum Gasteiger partial charge on any atom is 0.435 e. The maximum atomic E-state index is 14.6. The lowest BCUT2D eigenvalue weighted by molar-refractivity contribution is -0.348. The van der Waals surface area contributed by atoms with Crippen molar-refractivity contribution in [1.82, 2.24) is 4.90 Å². The molecule has 3 aliphatic rings. The lowest BCUT2D eigenvalue weighted by atomic mass is 9.90. The highest BCUT2D eigenvalue weighted by Crippen LogP contribution is 2.60. The summed E-state index contributed by atoms with van der Waals surface area (Å²) < 4.78 is 120. The second-order valence-electron chi connectivity index (χ2n) is 10.8. The molecule has 1 aliphatic heterocycles. The molecule has 3 nitrogen and oxygen atoms in total. The third-order valence-corrected chi connectivity index (χ3v) is 10.7. The molecule has 39 heavy (non-hydrogen) atoms. The van der Waals surface area contributed by atoms with Crippen molar-refractivity contribution in [2.75, 3.05) is 13.1 Å². The molecule has 3 unspecified atom stereocenters. The van der Waals surface area contributed by atoms with E-state index in [0.717, 1.165) is 37.1 Å². The highest BCUT2D eigenvalue weighted by Gasteiger charge is 2.73. The van der Waals surface area contributed by atoms with Crippen LogP contribution in [0.2, 0.25) is 0 Å². The number of hydrogen-bond acceptors (Lipinski definition) is 2. The van der Waals surface area contributed by atoms with E-state index in [4.69, 9.17) is 0 Å². The van der Waals surface area contributed by atoms with E-state index in [1.165, 1.54) is 12.1 Å². The van der Waals surface area contributed by atoms with Crippen molar-refractivity contribution in [1.29, 1.82) is 0 Å². The van der Waals surface area contributed by atoms with E-state index in [1.54, 1.807) is 4.90 Å². The Morgan fingerprint density at radius 3 is 1.97 bits per heavy atom. The largest absolute Gasteiger partial charge is 0.611 e. The Morgan fingerprint density at radius 1 is 0.923 bits per heavy atom. The fourth-order valence-corrected chi connectivity index (χ4v) is 8.10. The van der Waals surface area contributed by atoms with Crippen molar-refractivity contribution in [3.63, 3.8) is 0 Å². The summed E-state index contributed by atoms with van der Waals surface area (Å²) in [6.45, 7) is 2.21. The molecule has 2 aromatic carbocycles. The molecule has 0 aromatic heterocycles. The molecule has 4 atom stereocenters. The van der Waals surface area contributed by atoms with Gasteiger partial charge in [0.25, 0.3) is 0 Å². The third kappa shape index (κ3) is 4.51. The molecule has 1 amide bonds. The average Bonchev–Trinajstić information content (AvgIpc) is 3.27. The quantitative estimate of drug-likeness (QED) is 0.295. The van der Waals surface area contributed by atoms with Crippen molar-refractivity contribution >= 4 is 17.1 Å². The van der Waals surface area contributed by atoms with Crippen LogP contribution in [0, 0.1) is 29.5 Å². The summed E-state index contributed by atoms with van der Waals surface area (Å²) >= 11 is -1.98. The van der Waals surface area contributed by atoms with Crippen LogP contribution in [0.15, 0.2) is 53.4 Å². The van der Waals surface area contributed by atoms with E-state index in [-0.39, 0.29) is 41.8 Å². The van der Waals surface area contributed by atoms with Gasteiger partial charge in [-0.3, -0.25) is 4.79 Å². The number of alkyl halides is 7. The molecule has 2 saturated carbocycles. The molecule has 2 aliphatic carbocycles. The standard InChI is InChI=1S/C27H25F8NO2S/c1-15-21-12-16(13-22(15)21)23(37)36-11-10-24(14-36,39(38)20-8-6-19(28)7-9-20)17-2-4-18(5-3-17)25(29,26(30,31)32)27(33,34)35/h2-9,15-16,21-22H,10-14H2,1H3/t15?,16?,21?,22?,24-,39?/m0/s1. The minimum Gasteiger partial charge on any atom is -0.611 e. The van der Waals surface area contributed by atoms with Crippen LogP contribution in [-0.2, 0) is 26.4 Å². The predicted molar refractivity (Wildman–Crippen MR) is 126 cm³/mol. The molecule has 212 valence electrons. The minimum atomic E-state index is -6.27. The molecule has 12 heteroatoms. The van der Waals surface area contributed by atoms with Gasteiger partial charge in [-0.1, -0.05) is 31.2 Å². The van der Waals surface area contributed by atoms with Gasteiger partial charge in [-0.15, -0.1) is 0 Å². The predicted octanol–water partition coefficient (Wildman–Crippen LogP) is 6.64. The summed E-state index contributed by atoms with van der Waals surface area (Å²) in [5.41, 5.74) is -7.15. The van der Waals surface area contributed by atoms with Gasteiger partial charge in [0.1, 0.15) is 5.82 Å². The highest BCUT2D eigenvalue weighted by atomic mass is 32.2. The first-order valence-electron chi connectivity index (χ1n) is 12.5. The Kier molecular flexibility index (Phi) is 6.77. The molecule has 1 heterocycles. The van der Waals surface area contributed by atoms with Gasteiger partial charge in [-0.25, -0.2) is 8.78 Å². The summed E-state index contributed by atoms with van der Waals surface area (Å²) in [4.78, 5) is 15.0. The number of benzene rings is 2. The number of likely N-dealkylation sites (tertiary alicyclic amines) is 1. The van der Waals surface area contributed by atoms with Gasteiger partial charge in [-0.2, -0.15) is 26.3 Å². The van der Waals surface area contributed by atoms with Crippen LogP contribution in [0.1, 0.15) is 37.3 Å². The molecule has 1 saturated heterocycles. The first kappa shape index (κ1) is 28.2. The Labute approximate surface area is 222 Å². The van der Waals surface area contributed by atoms with E-state index < -0.39 is 45.3 Å². The average molecular weight is 580 g/mol. The van der Waals surface area contributed by atoms with Gasteiger partial charge in [0.15, 0.2) is 9.64 Å². The SMILES string of the molecule is CC1C2CC(C(=O)N3CC[C@](c4ccc(C(F)(C(F)(F)F)C(F)(F)F)cc4)([S+]([O-])c4ccc(F)cc4)C3)CC12. The normalized spacial score (nSPS) is 29.8. The van der Waals surface area contributed by atoms with Gasteiger partial charge < -0.3 is 9.45 Å². The Morgan fingerprint density at radius 2 is 1.46 bits per heavy atom.